The quantitative estimate of drug-likeness (QED) is 0.812. The van der Waals surface area contributed by atoms with Crippen molar-refractivity contribution >= 4 is 12.0 Å². The maximum atomic E-state index is 12.1. The highest BCUT2D eigenvalue weighted by molar-refractivity contribution is 5.82. The molecule has 1 rings (SSSR count). The Morgan fingerprint density at radius 3 is 2.57 bits per heavy atom. The van der Waals surface area contributed by atoms with Crippen molar-refractivity contribution in [2.75, 3.05) is 7.05 Å². The van der Waals surface area contributed by atoms with Gasteiger partial charge in [-0.2, -0.15) is 0 Å². The van der Waals surface area contributed by atoms with Crippen LogP contribution in [0.3, 0.4) is 0 Å². The van der Waals surface area contributed by atoms with Crippen LogP contribution in [0.15, 0.2) is 24.3 Å². The largest absolute Gasteiger partial charge is 0.480 e. The van der Waals surface area contributed by atoms with E-state index in [2.05, 4.69) is 5.32 Å². The fraction of sp³-hybridized carbons (Fsp3) is 0.500. The van der Waals surface area contributed by atoms with Gasteiger partial charge in [-0.25, -0.2) is 9.59 Å². The second-order valence-corrected chi connectivity index (χ2v) is 5.27. The number of benzene rings is 1. The Morgan fingerprint density at radius 1 is 1.33 bits per heavy atom. The molecule has 0 aliphatic rings. The van der Waals surface area contributed by atoms with Crippen LogP contribution < -0.4 is 5.32 Å². The van der Waals surface area contributed by atoms with Crippen LogP contribution in [0.25, 0.3) is 0 Å². The number of amides is 2. The fourth-order valence-electron chi connectivity index (χ4n) is 2.04. The maximum Gasteiger partial charge on any atom is 0.326 e. The van der Waals surface area contributed by atoms with E-state index in [1.807, 2.05) is 38.1 Å². The Balaban J connectivity index is 2.61. The van der Waals surface area contributed by atoms with Crippen LogP contribution in [0.1, 0.15) is 37.3 Å². The first kappa shape index (κ1) is 17.0. The summed E-state index contributed by atoms with van der Waals surface area (Å²) in [6, 6.07) is 6.64. The predicted molar refractivity (Wildman–Crippen MR) is 82.1 cm³/mol. The summed E-state index contributed by atoms with van der Waals surface area (Å²) in [5.74, 6) is -0.985. The molecular formula is C16H24N2O3. The van der Waals surface area contributed by atoms with Gasteiger partial charge in [0, 0.05) is 13.6 Å². The second-order valence-electron chi connectivity index (χ2n) is 5.27. The summed E-state index contributed by atoms with van der Waals surface area (Å²) in [4.78, 5) is 24.7. The van der Waals surface area contributed by atoms with E-state index in [0.717, 1.165) is 24.0 Å². The number of urea groups is 1. The van der Waals surface area contributed by atoms with Gasteiger partial charge < -0.3 is 15.3 Å². The molecule has 1 aromatic carbocycles. The lowest BCUT2D eigenvalue weighted by atomic mass is 10.1. The molecule has 0 bridgehead atoms. The Hall–Kier alpha value is -2.04. The lowest BCUT2D eigenvalue weighted by Crippen LogP contribution is -2.46. The van der Waals surface area contributed by atoms with E-state index in [1.165, 1.54) is 4.90 Å². The summed E-state index contributed by atoms with van der Waals surface area (Å²) < 4.78 is 0. The highest BCUT2D eigenvalue weighted by Gasteiger charge is 2.21. The third-order valence-electron chi connectivity index (χ3n) is 3.46. The first-order chi connectivity index (χ1) is 9.95. The zero-order valence-corrected chi connectivity index (χ0v) is 12.9. The molecule has 0 radical (unpaired) electrons. The minimum Gasteiger partial charge on any atom is -0.480 e. The number of carbonyl (C=O) groups excluding carboxylic acids is 1. The molecule has 5 nitrogen and oxygen atoms in total. The molecule has 0 saturated carbocycles. The number of carboxylic acid groups (broad SMARTS) is 1. The molecular weight excluding hydrogens is 268 g/mol. The molecule has 2 N–H and O–H groups in total. The van der Waals surface area contributed by atoms with Crippen LogP contribution in [-0.2, 0) is 11.3 Å². The Kier molecular flexibility index (Phi) is 6.72. The lowest BCUT2D eigenvalue weighted by Gasteiger charge is -2.22. The number of nitrogens with zero attached hydrogens (tertiary/aromatic N) is 1. The van der Waals surface area contributed by atoms with Crippen LogP contribution in [-0.4, -0.2) is 35.1 Å². The highest BCUT2D eigenvalue weighted by atomic mass is 16.4. The molecule has 0 aromatic heterocycles. The fourth-order valence-corrected chi connectivity index (χ4v) is 2.04. The number of aryl methyl sites for hydroxylation is 1. The Labute approximate surface area is 126 Å². The van der Waals surface area contributed by atoms with Gasteiger partial charge in [0.1, 0.15) is 6.04 Å². The topological polar surface area (TPSA) is 69.6 Å². The second kappa shape index (κ2) is 8.29. The number of hydrogen-bond donors (Lipinski definition) is 2. The molecule has 0 aliphatic carbocycles. The van der Waals surface area contributed by atoms with Gasteiger partial charge in [0.25, 0.3) is 0 Å². The number of carbonyl (C=O) groups is 2. The summed E-state index contributed by atoms with van der Waals surface area (Å²) in [6.45, 7) is 4.44. The van der Waals surface area contributed by atoms with Gasteiger partial charge in [-0.1, -0.05) is 44.0 Å². The third-order valence-corrected chi connectivity index (χ3v) is 3.46. The van der Waals surface area contributed by atoms with E-state index >= 15 is 0 Å². The van der Waals surface area contributed by atoms with E-state index in [1.54, 1.807) is 7.05 Å². The first-order valence-corrected chi connectivity index (χ1v) is 7.24. The number of unbranched alkanes of at least 4 members (excludes halogenated alkanes) is 1. The van der Waals surface area contributed by atoms with Crippen LogP contribution in [0.2, 0.25) is 0 Å². The van der Waals surface area contributed by atoms with E-state index in [0.29, 0.717) is 13.0 Å². The normalized spacial score (nSPS) is 11.8. The molecule has 1 aromatic rings. The Bertz CT molecular complexity index is 488. The molecule has 0 saturated heterocycles. The molecule has 2 amide bonds. The van der Waals surface area contributed by atoms with Crippen molar-refractivity contribution in [3.8, 4) is 0 Å². The molecule has 1 atom stereocenters. The minimum absolute atomic E-state index is 0.359. The van der Waals surface area contributed by atoms with E-state index in [-0.39, 0.29) is 6.03 Å². The molecule has 116 valence electrons. The van der Waals surface area contributed by atoms with Crippen LogP contribution in [0, 0.1) is 6.92 Å². The van der Waals surface area contributed by atoms with Gasteiger partial charge in [-0.3, -0.25) is 0 Å². The van der Waals surface area contributed by atoms with Gasteiger partial charge >= 0.3 is 12.0 Å². The maximum absolute atomic E-state index is 12.1. The lowest BCUT2D eigenvalue weighted by molar-refractivity contribution is -0.139. The Morgan fingerprint density at radius 2 is 2.00 bits per heavy atom. The van der Waals surface area contributed by atoms with Crippen molar-refractivity contribution in [2.24, 2.45) is 0 Å². The van der Waals surface area contributed by atoms with E-state index in [9.17, 15) is 9.59 Å². The van der Waals surface area contributed by atoms with Gasteiger partial charge in [0.15, 0.2) is 0 Å². The molecule has 0 spiro atoms. The molecule has 0 aliphatic heterocycles. The molecule has 0 unspecified atom stereocenters. The molecule has 21 heavy (non-hydrogen) atoms. The minimum atomic E-state index is -0.985. The predicted octanol–water partition coefficient (Wildman–Crippen LogP) is 2.78. The van der Waals surface area contributed by atoms with Crippen molar-refractivity contribution in [1.82, 2.24) is 10.2 Å². The summed E-state index contributed by atoms with van der Waals surface area (Å²) >= 11 is 0. The summed E-state index contributed by atoms with van der Waals surface area (Å²) in [6.07, 6.45) is 2.13. The van der Waals surface area contributed by atoms with Crippen molar-refractivity contribution < 1.29 is 14.7 Å². The molecule has 0 fully saturated rings. The summed E-state index contributed by atoms with van der Waals surface area (Å²) in [5.41, 5.74) is 2.16. The third kappa shape index (κ3) is 5.45. The summed E-state index contributed by atoms with van der Waals surface area (Å²) in [5, 5.41) is 11.7. The SMILES string of the molecule is CCCC[C@H](NC(=O)N(C)Cc1ccccc1C)C(=O)O. The van der Waals surface area contributed by atoms with Gasteiger partial charge in [-0.05, 0) is 24.5 Å². The average molecular weight is 292 g/mol. The molecule has 0 heterocycles. The van der Waals surface area contributed by atoms with Crippen LogP contribution in [0.4, 0.5) is 4.79 Å². The first-order valence-electron chi connectivity index (χ1n) is 7.24. The zero-order chi connectivity index (χ0) is 15.8. The number of nitrogens with one attached hydrogen (secondary N) is 1. The monoisotopic (exact) mass is 292 g/mol. The number of carboxylic acids is 1. The number of rotatable bonds is 7. The van der Waals surface area contributed by atoms with E-state index in [4.69, 9.17) is 5.11 Å². The smallest absolute Gasteiger partial charge is 0.326 e. The van der Waals surface area contributed by atoms with Crippen molar-refractivity contribution in [3.05, 3.63) is 35.4 Å². The number of hydrogen-bond acceptors (Lipinski definition) is 2. The molecule has 5 heteroatoms. The zero-order valence-electron chi connectivity index (χ0n) is 12.9. The average Bonchev–Trinajstić information content (AvgIpc) is 2.45. The van der Waals surface area contributed by atoms with Crippen molar-refractivity contribution in [3.63, 3.8) is 0 Å². The standard InChI is InChI=1S/C16H24N2O3/c1-4-5-10-14(15(19)20)17-16(21)18(3)11-13-9-7-6-8-12(13)2/h6-9,14H,4-5,10-11H2,1-3H3,(H,17,21)(H,19,20)/t14-/m0/s1. The highest BCUT2D eigenvalue weighted by Crippen LogP contribution is 2.10. The van der Waals surface area contributed by atoms with E-state index < -0.39 is 12.0 Å². The van der Waals surface area contributed by atoms with Crippen LogP contribution in [0.5, 0.6) is 0 Å². The van der Waals surface area contributed by atoms with Crippen molar-refractivity contribution in [1.29, 1.82) is 0 Å². The van der Waals surface area contributed by atoms with Crippen LogP contribution >= 0.6 is 0 Å². The van der Waals surface area contributed by atoms with Gasteiger partial charge in [-0.15, -0.1) is 0 Å². The summed E-state index contributed by atoms with van der Waals surface area (Å²) in [7, 11) is 1.67. The number of aliphatic carboxylic acids is 1. The van der Waals surface area contributed by atoms with Gasteiger partial charge in [0.05, 0.1) is 0 Å². The van der Waals surface area contributed by atoms with Gasteiger partial charge in [0.2, 0.25) is 0 Å². The van der Waals surface area contributed by atoms with Crippen molar-refractivity contribution in [2.45, 2.75) is 45.7 Å².